The van der Waals surface area contributed by atoms with Crippen LogP contribution in [-0.2, 0) is 12.7 Å². The van der Waals surface area contributed by atoms with Gasteiger partial charge in [0.15, 0.2) is 0 Å². The third kappa shape index (κ3) is 4.67. The molecule has 2 aliphatic rings. The van der Waals surface area contributed by atoms with Gasteiger partial charge in [0.2, 0.25) is 5.96 Å². The molecule has 0 saturated carbocycles. The topological polar surface area (TPSA) is 67.9 Å². The highest BCUT2D eigenvalue weighted by molar-refractivity contribution is 7.12. The molecule has 0 aliphatic carbocycles. The van der Waals surface area contributed by atoms with E-state index in [1.165, 1.54) is 6.07 Å². The minimum Gasteiger partial charge on any atom is -0.337 e. The van der Waals surface area contributed by atoms with Crippen LogP contribution in [0.2, 0.25) is 0 Å². The third-order valence-corrected chi connectivity index (χ3v) is 5.97. The standard InChI is InChI=1S/C21H17F3N6S/c1-14-28-20(27-13-30(14)12-17-3-5-19(31-17)21(22,23)24)29-8-6-16(7-9-29)18-4-2-15(10-25)11-26-18/h2-6,11,13H,1,7-9,12H2. The van der Waals surface area contributed by atoms with E-state index < -0.39 is 11.1 Å². The van der Waals surface area contributed by atoms with Gasteiger partial charge in [-0.1, -0.05) is 12.7 Å². The van der Waals surface area contributed by atoms with Crippen molar-refractivity contribution in [1.29, 1.82) is 5.26 Å². The number of hydrogen-bond donors (Lipinski definition) is 0. The first kappa shape index (κ1) is 20.8. The minimum absolute atomic E-state index is 0.230. The van der Waals surface area contributed by atoms with Crippen LogP contribution in [0.5, 0.6) is 0 Å². The van der Waals surface area contributed by atoms with Crippen LogP contribution in [0.4, 0.5) is 13.2 Å². The molecular weight excluding hydrogens is 425 g/mol. The van der Waals surface area contributed by atoms with Crippen LogP contribution in [0.3, 0.4) is 0 Å². The lowest BCUT2D eigenvalue weighted by Gasteiger charge is -2.30. The second-order valence-electron chi connectivity index (χ2n) is 6.93. The number of rotatable bonds is 3. The Balaban J connectivity index is 1.38. The van der Waals surface area contributed by atoms with E-state index in [4.69, 9.17) is 5.26 Å². The Morgan fingerprint density at radius 2 is 2.06 bits per heavy atom. The molecule has 4 rings (SSSR count). The molecule has 0 fully saturated rings. The minimum atomic E-state index is -4.34. The van der Waals surface area contributed by atoms with Gasteiger partial charge < -0.3 is 9.80 Å². The molecule has 31 heavy (non-hydrogen) atoms. The molecule has 0 unspecified atom stereocenters. The van der Waals surface area contributed by atoms with Gasteiger partial charge in [-0.05, 0) is 36.3 Å². The molecule has 2 aromatic heterocycles. The molecule has 10 heteroatoms. The molecule has 0 amide bonds. The highest BCUT2D eigenvalue weighted by Crippen LogP contribution is 2.35. The smallest absolute Gasteiger partial charge is 0.337 e. The first-order valence-electron chi connectivity index (χ1n) is 9.38. The first-order valence-corrected chi connectivity index (χ1v) is 10.2. The molecule has 0 atom stereocenters. The summed E-state index contributed by atoms with van der Waals surface area (Å²) in [6.45, 7) is 5.44. The molecular formula is C21H17F3N6S. The van der Waals surface area contributed by atoms with Crippen molar-refractivity contribution in [2.24, 2.45) is 9.98 Å². The summed E-state index contributed by atoms with van der Waals surface area (Å²) in [5, 5.41) is 8.88. The van der Waals surface area contributed by atoms with Gasteiger partial charge in [-0.2, -0.15) is 23.4 Å². The Morgan fingerprint density at radius 3 is 2.65 bits per heavy atom. The molecule has 0 saturated heterocycles. The van der Waals surface area contributed by atoms with Gasteiger partial charge in [-0.25, -0.2) is 4.99 Å². The molecule has 0 bridgehead atoms. The van der Waals surface area contributed by atoms with E-state index in [0.29, 0.717) is 46.6 Å². The maximum atomic E-state index is 12.8. The van der Waals surface area contributed by atoms with E-state index >= 15 is 0 Å². The summed E-state index contributed by atoms with van der Waals surface area (Å²) in [6.07, 6.45) is 1.57. The van der Waals surface area contributed by atoms with Gasteiger partial charge >= 0.3 is 6.18 Å². The number of halogens is 3. The van der Waals surface area contributed by atoms with Crippen LogP contribution in [0, 0.1) is 11.3 Å². The van der Waals surface area contributed by atoms with Gasteiger partial charge in [-0.15, -0.1) is 11.3 Å². The van der Waals surface area contributed by atoms with Crippen molar-refractivity contribution < 1.29 is 13.2 Å². The zero-order chi connectivity index (χ0) is 22.0. The van der Waals surface area contributed by atoms with Gasteiger partial charge in [0.25, 0.3) is 0 Å². The average Bonchev–Trinajstić information content (AvgIpc) is 3.25. The van der Waals surface area contributed by atoms with Crippen molar-refractivity contribution in [2.75, 3.05) is 13.1 Å². The van der Waals surface area contributed by atoms with Crippen molar-refractivity contribution in [3.05, 3.63) is 69.9 Å². The molecule has 0 spiro atoms. The van der Waals surface area contributed by atoms with E-state index in [1.807, 2.05) is 11.0 Å². The Hall–Kier alpha value is -3.45. The van der Waals surface area contributed by atoms with E-state index in [1.54, 1.807) is 23.5 Å². The molecule has 158 valence electrons. The zero-order valence-electron chi connectivity index (χ0n) is 16.3. The number of pyridine rings is 1. The van der Waals surface area contributed by atoms with Crippen molar-refractivity contribution in [3.8, 4) is 6.07 Å². The molecule has 6 nitrogen and oxygen atoms in total. The summed E-state index contributed by atoms with van der Waals surface area (Å²) in [4.78, 5) is 16.7. The highest BCUT2D eigenvalue weighted by atomic mass is 32.1. The van der Waals surface area contributed by atoms with Crippen molar-refractivity contribution in [3.63, 3.8) is 0 Å². The fourth-order valence-corrected chi connectivity index (χ4v) is 4.07. The van der Waals surface area contributed by atoms with Crippen LogP contribution in [0.15, 0.2) is 58.9 Å². The summed E-state index contributed by atoms with van der Waals surface area (Å²) in [6, 6.07) is 8.18. The predicted octanol–water partition coefficient (Wildman–Crippen LogP) is 4.49. The Kier molecular flexibility index (Phi) is 5.61. The number of nitrogens with zero attached hydrogens (tertiary/aromatic N) is 6. The van der Waals surface area contributed by atoms with Crippen LogP contribution in [0.25, 0.3) is 5.57 Å². The highest BCUT2D eigenvalue weighted by Gasteiger charge is 2.32. The number of aliphatic imine (C=N–C) groups is 2. The van der Waals surface area contributed by atoms with Crippen LogP contribution in [-0.4, -0.2) is 40.2 Å². The lowest BCUT2D eigenvalue weighted by molar-refractivity contribution is -0.134. The summed E-state index contributed by atoms with van der Waals surface area (Å²) < 4.78 is 38.4. The predicted molar refractivity (Wildman–Crippen MR) is 113 cm³/mol. The fourth-order valence-electron chi connectivity index (χ4n) is 3.20. The van der Waals surface area contributed by atoms with Crippen molar-refractivity contribution >= 4 is 29.2 Å². The number of guanidine groups is 1. The lowest BCUT2D eigenvalue weighted by Crippen LogP contribution is -2.37. The van der Waals surface area contributed by atoms with E-state index in [9.17, 15) is 13.2 Å². The van der Waals surface area contributed by atoms with Gasteiger partial charge in [0.1, 0.15) is 23.1 Å². The first-order chi connectivity index (χ1) is 14.8. The maximum absolute atomic E-state index is 12.8. The summed E-state index contributed by atoms with van der Waals surface area (Å²) in [5.41, 5.74) is 2.46. The van der Waals surface area contributed by atoms with Crippen LogP contribution >= 0.6 is 11.3 Å². The van der Waals surface area contributed by atoms with Gasteiger partial charge in [-0.3, -0.25) is 4.98 Å². The Morgan fingerprint density at radius 1 is 1.23 bits per heavy atom. The average molecular weight is 442 g/mol. The Bertz CT molecular complexity index is 1120. The number of alkyl halides is 3. The van der Waals surface area contributed by atoms with Crippen LogP contribution in [0.1, 0.15) is 27.4 Å². The number of thiophene rings is 1. The number of aromatic nitrogens is 1. The normalized spacial score (nSPS) is 16.8. The fraction of sp³-hybridized carbons (Fsp3) is 0.238. The molecule has 2 aliphatic heterocycles. The van der Waals surface area contributed by atoms with Crippen molar-refractivity contribution in [1.82, 2.24) is 14.8 Å². The van der Waals surface area contributed by atoms with Crippen LogP contribution < -0.4 is 0 Å². The molecule has 4 heterocycles. The largest absolute Gasteiger partial charge is 0.425 e. The quantitative estimate of drug-likeness (QED) is 0.702. The maximum Gasteiger partial charge on any atom is 0.425 e. The number of nitriles is 1. The van der Waals surface area contributed by atoms with Crippen molar-refractivity contribution in [2.45, 2.75) is 19.1 Å². The Labute approximate surface area is 181 Å². The molecule has 2 aromatic rings. The lowest BCUT2D eigenvalue weighted by atomic mass is 10.0. The monoisotopic (exact) mass is 442 g/mol. The molecule has 0 N–H and O–H groups in total. The van der Waals surface area contributed by atoms with E-state index in [0.717, 1.165) is 23.8 Å². The second-order valence-corrected chi connectivity index (χ2v) is 8.10. The SMILES string of the molecule is C=C1N=C(N2CC=C(c3ccc(C#N)cn3)CC2)N=CN1Cc1ccc(C(F)(F)F)s1. The zero-order valence-corrected chi connectivity index (χ0v) is 17.1. The van der Waals surface area contributed by atoms with Gasteiger partial charge in [0, 0.05) is 24.2 Å². The van der Waals surface area contributed by atoms with E-state index in [-0.39, 0.29) is 6.54 Å². The summed E-state index contributed by atoms with van der Waals surface area (Å²) in [5.74, 6) is 0.946. The number of hydrogen-bond acceptors (Lipinski definition) is 7. The van der Waals surface area contributed by atoms with E-state index in [2.05, 4.69) is 33.7 Å². The molecule has 0 aromatic carbocycles. The third-order valence-electron chi connectivity index (χ3n) is 4.85. The second kappa shape index (κ2) is 8.35. The van der Waals surface area contributed by atoms with Gasteiger partial charge in [0.05, 0.1) is 17.8 Å². The summed E-state index contributed by atoms with van der Waals surface area (Å²) >= 11 is 0.705. The molecule has 0 radical (unpaired) electrons. The summed E-state index contributed by atoms with van der Waals surface area (Å²) in [7, 11) is 0.